The van der Waals surface area contributed by atoms with Crippen LogP contribution in [-0.4, -0.2) is 26.5 Å². The van der Waals surface area contributed by atoms with Crippen LogP contribution in [-0.2, 0) is 9.47 Å². The lowest BCUT2D eigenvalue weighted by Gasteiger charge is -2.11. The summed E-state index contributed by atoms with van der Waals surface area (Å²) in [6.45, 7) is 1.69. The molecular formula is C7H14N2O3. The summed E-state index contributed by atoms with van der Waals surface area (Å²) in [5, 5.41) is 5.17. The van der Waals surface area contributed by atoms with Crippen LogP contribution in [0.4, 0.5) is 4.79 Å². The van der Waals surface area contributed by atoms with Crippen molar-refractivity contribution in [2.24, 2.45) is 0 Å². The zero-order valence-electron chi connectivity index (χ0n) is 7.46. The Morgan fingerprint density at radius 3 is 2.75 bits per heavy atom. The van der Waals surface area contributed by atoms with Gasteiger partial charge >= 0.3 is 6.09 Å². The number of hydrogen-bond acceptors (Lipinski definition) is 4. The fraction of sp³-hybridized carbons (Fsp3) is 0.571. The molecule has 1 unspecified atom stereocenters. The lowest BCUT2D eigenvalue weighted by molar-refractivity contribution is 0.106. The van der Waals surface area contributed by atoms with E-state index in [1.807, 2.05) is 0 Å². The number of carbonyl (C=O) groups excluding carboxylic acids is 1. The van der Waals surface area contributed by atoms with E-state index in [9.17, 15) is 4.79 Å². The highest BCUT2D eigenvalue weighted by atomic mass is 16.6. The number of carbonyl (C=O) groups is 1. The van der Waals surface area contributed by atoms with Crippen LogP contribution in [0.1, 0.15) is 6.92 Å². The quantitative estimate of drug-likeness (QED) is 0.478. The van der Waals surface area contributed by atoms with Gasteiger partial charge in [0.05, 0.1) is 7.11 Å². The number of rotatable bonds is 4. The summed E-state index contributed by atoms with van der Waals surface area (Å²) in [6.07, 6.45) is 2.14. The third kappa shape index (κ3) is 5.40. The topological polar surface area (TPSA) is 59.6 Å². The van der Waals surface area contributed by atoms with Crippen molar-refractivity contribution >= 4 is 6.09 Å². The van der Waals surface area contributed by atoms with Crippen molar-refractivity contribution in [3.8, 4) is 0 Å². The molecule has 0 aromatic carbocycles. The Labute approximate surface area is 71.7 Å². The first-order valence-corrected chi connectivity index (χ1v) is 3.53. The van der Waals surface area contributed by atoms with Crippen molar-refractivity contribution in [2.75, 3.05) is 14.2 Å². The number of methoxy groups -OCH3 is 1. The molecule has 0 bridgehead atoms. The summed E-state index contributed by atoms with van der Waals surface area (Å²) in [7, 11) is 3.05. The Morgan fingerprint density at radius 2 is 2.25 bits per heavy atom. The minimum absolute atomic E-state index is 0.401. The van der Waals surface area contributed by atoms with E-state index >= 15 is 0 Å². The molecule has 0 aliphatic heterocycles. The zero-order chi connectivity index (χ0) is 9.40. The lowest BCUT2D eigenvalue weighted by atomic mass is 10.6. The van der Waals surface area contributed by atoms with Crippen LogP contribution in [0.3, 0.4) is 0 Å². The predicted octanol–water partition coefficient (Wildman–Crippen LogP) is 0.396. The molecule has 0 saturated carbocycles. The molecule has 0 heterocycles. The van der Waals surface area contributed by atoms with Crippen LogP contribution in [0.2, 0.25) is 0 Å². The Hall–Kier alpha value is -1.39. The van der Waals surface area contributed by atoms with Gasteiger partial charge in [0.25, 0.3) is 0 Å². The second-order valence-corrected chi connectivity index (χ2v) is 2.01. The van der Waals surface area contributed by atoms with Gasteiger partial charge in [0.15, 0.2) is 6.23 Å². The first kappa shape index (κ1) is 10.6. The molecule has 0 radical (unpaired) electrons. The summed E-state index contributed by atoms with van der Waals surface area (Å²) in [4.78, 5) is 10.6. The maximum atomic E-state index is 10.6. The van der Waals surface area contributed by atoms with Crippen LogP contribution >= 0.6 is 0 Å². The summed E-state index contributed by atoms with van der Waals surface area (Å²) < 4.78 is 9.36. The second kappa shape index (κ2) is 6.33. The normalized spacial score (nSPS) is 12.2. The van der Waals surface area contributed by atoms with Crippen molar-refractivity contribution in [3.05, 3.63) is 12.5 Å². The second-order valence-electron chi connectivity index (χ2n) is 2.01. The van der Waals surface area contributed by atoms with Crippen molar-refractivity contribution in [1.82, 2.24) is 10.6 Å². The first-order chi connectivity index (χ1) is 5.70. The lowest BCUT2D eigenvalue weighted by Crippen LogP contribution is -2.33. The van der Waals surface area contributed by atoms with E-state index in [0.717, 1.165) is 0 Å². The monoisotopic (exact) mass is 174 g/mol. The van der Waals surface area contributed by atoms with E-state index < -0.39 is 12.3 Å². The van der Waals surface area contributed by atoms with Gasteiger partial charge in [-0.2, -0.15) is 0 Å². The fourth-order valence-electron chi connectivity index (χ4n) is 0.484. The van der Waals surface area contributed by atoms with Gasteiger partial charge in [-0.25, -0.2) is 4.79 Å². The standard InChI is InChI=1S/C7H14N2O3/c1-6(9-7(10)11-3)12-5-4-8-2/h4-6,8H,1-3H3,(H,9,10)/b5-4-. The minimum atomic E-state index is -0.514. The zero-order valence-corrected chi connectivity index (χ0v) is 7.46. The number of hydrogen-bond donors (Lipinski definition) is 2. The Kier molecular flexibility index (Phi) is 5.60. The molecule has 5 heteroatoms. The average molecular weight is 174 g/mol. The molecule has 0 aliphatic rings. The van der Waals surface area contributed by atoms with Gasteiger partial charge in [0, 0.05) is 13.2 Å². The first-order valence-electron chi connectivity index (χ1n) is 3.53. The van der Waals surface area contributed by atoms with Gasteiger partial charge in [-0.3, -0.25) is 5.32 Å². The fourth-order valence-corrected chi connectivity index (χ4v) is 0.484. The van der Waals surface area contributed by atoms with Crippen LogP contribution in [0.15, 0.2) is 12.5 Å². The molecule has 0 aliphatic carbocycles. The van der Waals surface area contributed by atoms with Gasteiger partial charge in [-0.15, -0.1) is 0 Å². The Balaban J connectivity index is 3.52. The van der Waals surface area contributed by atoms with Gasteiger partial charge < -0.3 is 14.8 Å². The summed E-state index contributed by atoms with van der Waals surface area (Å²) in [5.74, 6) is 0. The van der Waals surface area contributed by atoms with E-state index in [1.165, 1.54) is 13.4 Å². The minimum Gasteiger partial charge on any atom is -0.477 e. The van der Waals surface area contributed by atoms with Crippen LogP contribution in [0.5, 0.6) is 0 Å². The van der Waals surface area contributed by atoms with Gasteiger partial charge in [-0.1, -0.05) is 0 Å². The van der Waals surface area contributed by atoms with Crippen molar-refractivity contribution in [2.45, 2.75) is 13.2 Å². The van der Waals surface area contributed by atoms with Gasteiger partial charge in [0.2, 0.25) is 0 Å². The third-order valence-electron chi connectivity index (χ3n) is 1.02. The molecule has 70 valence electrons. The van der Waals surface area contributed by atoms with Gasteiger partial charge in [0.1, 0.15) is 6.26 Å². The Bertz CT molecular complexity index is 159. The molecule has 5 nitrogen and oxygen atoms in total. The average Bonchev–Trinajstić information content (AvgIpc) is 2.05. The highest BCUT2D eigenvalue weighted by Crippen LogP contribution is 1.86. The predicted molar refractivity (Wildman–Crippen MR) is 44.3 cm³/mol. The summed E-state index contributed by atoms with van der Waals surface area (Å²) in [5.41, 5.74) is 0. The molecule has 0 aromatic heterocycles. The van der Waals surface area contributed by atoms with E-state index in [4.69, 9.17) is 4.74 Å². The molecule has 1 amide bonds. The third-order valence-corrected chi connectivity index (χ3v) is 1.02. The van der Waals surface area contributed by atoms with Gasteiger partial charge in [-0.05, 0) is 6.92 Å². The van der Waals surface area contributed by atoms with Crippen molar-refractivity contribution < 1.29 is 14.3 Å². The van der Waals surface area contributed by atoms with Crippen LogP contribution in [0, 0.1) is 0 Å². The number of ether oxygens (including phenoxy) is 2. The van der Waals surface area contributed by atoms with E-state index in [1.54, 1.807) is 20.2 Å². The Morgan fingerprint density at radius 1 is 1.58 bits per heavy atom. The molecule has 2 N–H and O–H groups in total. The molecule has 1 atom stereocenters. The molecule has 0 saturated heterocycles. The molecule has 0 aromatic rings. The molecule has 0 fully saturated rings. The maximum Gasteiger partial charge on any atom is 0.409 e. The highest BCUT2D eigenvalue weighted by molar-refractivity contribution is 5.66. The van der Waals surface area contributed by atoms with Crippen LogP contribution < -0.4 is 10.6 Å². The molecule has 12 heavy (non-hydrogen) atoms. The van der Waals surface area contributed by atoms with Crippen molar-refractivity contribution in [3.63, 3.8) is 0 Å². The van der Waals surface area contributed by atoms with E-state index in [0.29, 0.717) is 0 Å². The molecule has 0 rings (SSSR count). The highest BCUT2D eigenvalue weighted by Gasteiger charge is 2.04. The smallest absolute Gasteiger partial charge is 0.409 e. The number of alkyl carbamates (subject to hydrolysis) is 1. The summed E-state index contributed by atoms with van der Waals surface area (Å²) >= 11 is 0. The molecular weight excluding hydrogens is 160 g/mol. The summed E-state index contributed by atoms with van der Waals surface area (Å²) in [6, 6.07) is 0. The van der Waals surface area contributed by atoms with E-state index in [2.05, 4.69) is 15.4 Å². The number of nitrogens with one attached hydrogen (secondary N) is 2. The molecule has 0 spiro atoms. The van der Waals surface area contributed by atoms with Crippen molar-refractivity contribution in [1.29, 1.82) is 0 Å². The van der Waals surface area contributed by atoms with Crippen LogP contribution in [0.25, 0.3) is 0 Å². The van der Waals surface area contributed by atoms with E-state index in [-0.39, 0.29) is 0 Å². The maximum absolute atomic E-state index is 10.6. The largest absolute Gasteiger partial charge is 0.477 e. The number of amides is 1. The SMILES string of the molecule is CN/C=C\OC(C)NC(=O)OC.